The number of anilines is 1. The van der Waals surface area contributed by atoms with Crippen LogP contribution in [0.25, 0.3) is 0 Å². The molecule has 0 saturated carbocycles. The molecule has 0 atom stereocenters. The zero-order valence-corrected chi connectivity index (χ0v) is 5.47. The number of benzene rings is 1. The SMILES string of the molecule is O=CNc1cccc(F)c1F. The van der Waals surface area contributed by atoms with Crippen LogP contribution in [0, 0.1) is 11.6 Å². The van der Waals surface area contributed by atoms with Crippen LogP contribution in [0.2, 0.25) is 0 Å². The molecule has 1 aromatic rings. The van der Waals surface area contributed by atoms with Crippen molar-refractivity contribution in [3.05, 3.63) is 29.8 Å². The van der Waals surface area contributed by atoms with Gasteiger partial charge in [0.15, 0.2) is 11.6 Å². The zero-order valence-electron chi connectivity index (χ0n) is 5.47. The molecule has 0 fully saturated rings. The van der Waals surface area contributed by atoms with Gasteiger partial charge in [-0.25, -0.2) is 8.78 Å². The lowest BCUT2D eigenvalue weighted by Gasteiger charge is -1.99. The maximum Gasteiger partial charge on any atom is 0.211 e. The number of hydrogen-bond acceptors (Lipinski definition) is 1. The summed E-state index contributed by atoms with van der Waals surface area (Å²) < 4.78 is 25.0. The van der Waals surface area contributed by atoms with Gasteiger partial charge in [-0.1, -0.05) is 6.07 Å². The summed E-state index contributed by atoms with van der Waals surface area (Å²) in [6, 6.07) is 3.56. The summed E-state index contributed by atoms with van der Waals surface area (Å²) in [5.41, 5.74) is -0.153. The predicted octanol–water partition coefficient (Wildman–Crippen LogP) is 1.53. The Morgan fingerprint density at radius 3 is 2.73 bits per heavy atom. The monoisotopic (exact) mass is 157 g/mol. The third-order valence-electron chi connectivity index (χ3n) is 1.17. The normalized spacial score (nSPS) is 9.27. The van der Waals surface area contributed by atoms with Gasteiger partial charge in [-0.15, -0.1) is 0 Å². The van der Waals surface area contributed by atoms with Gasteiger partial charge < -0.3 is 5.32 Å². The van der Waals surface area contributed by atoms with E-state index in [1.807, 2.05) is 5.32 Å². The largest absolute Gasteiger partial charge is 0.326 e. The standard InChI is InChI=1S/C7H5F2NO/c8-5-2-1-3-6(7(5)9)10-4-11/h1-4H,(H,10,11). The first-order chi connectivity index (χ1) is 5.25. The lowest BCUT2D eigenvalue weighted by molar-refractivity contribution is -0.105. The van der Waals surface area contributed by atoms with Gasteiger partial charge in [0.05, 0.1) is 5.69 Å². The molecule has 0 heterocycles. The minimum absolute atomic E-state index is 0.153. The summed E-state index contributed by atoms with van der Waals surface area (Å²) in [7, 11) is 0. The van der Waals surface area contributed by atoms with Crippen molar-refractivity contribution in [2.24, 2.45) is 0 Å². The molecule has 0 bridgehead atoms. The van der Waals surface area contributed by atoms with Crippen molar-refractivity contribution in [3.8, 4) is 0 Å². The van der Waals surface area contributed by atoms with Crippen LogP contribution < -0.4 is 5.32 Å². The molecule has 0 aliphatic carbocycles. The third kappa shape index (κ3) is 1.52. The van der Waals surface area contributed by atoms with E-state index in [0.29, 0.717) is 0 Å². The van der Waals surface area contributed by atoms with Crippen LogP contribution in [0.4, 0.5) is 14.5 Å². The minimum atomic E-state index is -1.04. The van der Waals surface area contributed by atoms with Crippen LogP contribution in [0.15, 0.2) is 18.2 Å². The zero-order chi connectivity index (χ0) is 8.27. The van der Waals surface area contributed by atoms with Crippen molar-refractivity contribution in [1.82, 2.24) is 0 Å². The molecular formula is C7H5F2NO. The fraction of sp³-hybridized carbons (Fsp3) is 0. The summed E-state index contributed by atoms with van der Waals surface area (Å²) in [5.74, 6) is -2.02. The Bertz CT molecular complexity index is 275. The van der Waals surface area contributed by atoms with Gasteiger partial charge in [-0.3, -0.25) is 4.79 Å². The average molecular weight is 157 g/mol. The average Bonchev–Trinajstić information content (AvgIpc) is 1.99. The molecule has 0 aliphatic rings. The first kappa shape index (κ1) is 7.65. The van der Waals surface area contributed by atoms with E-state index < -0.39 is 11.6 Å². The van der Waals surface area contributed by atoms with Crippen LogP contribution >= 0.6 is 0 Å². The number of amides is 1. The molecule has 1 N–H and O–H groups in total. The topological polar surface area (TPSA) is 29.1 Å². The molecule has 0 aliphatic heterocycles. The fourth-order valence-electron chi connectivity index (χ4n) is 0.679. The highest BCUT2D eigenvalue weighted by molar-refractivity contribution is 5.71. The maximum atomic E-state index is 12.6. The van der Waals surface area contributed by atoms with Crippen LogP contribution in [-0.4, -0.2) is 6.41 Å². The maximum absolute atomic E-state index is 12.6. The van der Waals surface area contributed by atoms with Crippen molar-refractivity contribution >= 4 is 12.1 Å². The van der Waals surface area contributed by atoms with Gasteiger partial charge in [-0.05, 0) is 12.1 Å². The number of rotatable bonds is 2. The van der Waals surface area contributed by atoms with Crippen molar-refractivity contribution in [1.29, 1.82) is 0 Å². The quantitative estimate of drug-likeness (QED) is 0.648. The molecule has 58 valence electrons. The van der Waals surface area contributed by atoms with Crippen molar-refractivity contribution < 1.29 is 13.6 Å². The molecule has 1 amide bonds. The summed E-state index contributed by atoms with van der Waals surface area (Å²) in [6.45, 7) is 0. The number of hydrogen-bond donors (Lipinski definition) is 1. The van der Waals surface area contributed by atoms with Crippen LogP contribution in [0.5, 0.6) is 0 Å². The molecule has 11 heavy (non-hydrogen) atoms. The molecule has 2 nitrogen and oxygen atoms in total. The van der Waals surface area contributed by atoms with Crippen LogP contribution in [0.1, 0.15) is 0 Å². The molecular weight excluding hydrogens is 152 g/mol. The fourth-order valence-corrected chi connectivity index (χ4v) is 0.679. The van der Waals surface area contributed by atoms with Crippen LogP contribution in [-0.2, 0) is 4.79 Å². The predicted molar refractivity (Wildman–Crippen MR) is 36.0 cm³/mol. The second-order valence-corrected chi connectivity index (χ2v) is 1.86. The number of halogens is 2. The van der Waals surface area contributed by atoms with E-state index in [9.17, 15) is 13.6 Å². The highest BCUT2D eigenvalue weighted by Crippen LogP contribution is 2.15. The summed E-state index contributed by atoms with van der Waals surface area (Å²) in [6.07, 6.45) is 0.290. The van der Waals surface area contributed by atoms with Crippen LogP contribution in [0.3, 0.4) is 0 Å². The molecule has 0 spiro atoms. The van der Waals surface area contributed by atoms with Gasteiger partial charge in [0.2, 0.25) is 6.41 Å². The molecule has 0 aromatic heterocycles. The van der Waals surface area contributed by atoms with Gasteiger partial charge in [-0.2, -0.15) is 0 Å². The summed E-state index contributed by atoms with van der Waals surface area (Å²) in [5, 5.41) is 2.02. The first-order valence-electron chi connectivity index (χ1n) is 2.90. The molecule has 0 unspecified atom stereocenters. The van der Waals surface area contributed by atoms with E-state index in [1.165, 1.54) is 12.1 Å². The lowest BCUT2D eigenvalue weighted by Crippen LogP contribution is -1.98. The highest BCUT2D eigenvalue weighted by atomic mass is 19.2. The highest BCUT2D eigenvalue weighted by Gasteiger charge is 2.05. The van der Waals surface area contributed by atoms with Gasteiger partial charge in [0.25, 0.3) is 0 Å². The van der Waals surface area contributed by atoms with Gasteiger partial charge >= 0.3 is 0 Å². The molecule has 0 radical (unpaired) electrons. The number of carbonyl (C=O) groups excluding carboxylic acids is 1. The first-order valence-corrected chi connectivity index (χ1v) is 2.90. The Labute approximate surface area is 61.8 Å². The van der Waals surface area contributed by atoms with E-state index in [-0.39, 0.29) is 12.1 Å². The molecule has 4 heteroatoms. The van der Waals surface area contributed by atoms with E-state index in [1.54, 1.807) is 0 Å². The lowest BCUT2D eigenvalue weighted by atomic mass is 10.3. The number of nitrogens with one attached hydrogen (secondary N) is 1. The van der Waals surface area contributed by atoms with E-state index in [0.717, 1.165) is 6.07 Å². The minimum Gasteiger partial charge on any atom is -0.326 e. The molecule has 0 saturated heterocycles. The third-order valence-corrected chi connectivity index (χ3v) is 1.17. The van der Waals surface area contributed by atoms with E-state index in [2.05, 4.69) is 0 Å². The van der Waals surface area contributed by atoms with Gasteiger partial charge in [0, 0.05) is 0 Å². The Morgan fingerprint density at radius 1 is 1.36 bits per heavy atom. The second kappa shape index (κ2) is 3.09. The summed E-state index contributed by atoms with van der Waals surface area (Å²) in [4.78, 5) is 9.84. The molecule has 1 rings (SSSR count). The Hall–Kier alpha value is -1.45. The van der Waals surface area contributed by atoms with Crippen molar-refractivity contribution in [2.45, 2.75) is 0 Å². The number of carbonyl (C=O) groups is 1. The van der Waals surface area contributed by atoms with Crippen molar-refractivity contribution in [2.75, 3.05) is 5.32 Å². The Morgan fingerprint density at radius 2 is 2.09 bits per heavy atom. The van der Waals surface area contributed by atoms with Crippen molar-refractivity contribution in [3.63, 3.8) is 0 Å². The Balaban J connectivity index is 3.05. The van der Waals surface area contributed by atoms with Gasteiger partial charge in [0.1, 0.15) is 0 Å². The summed E-state index contributed by atoms with van der Waals surface area (Å²) >= 11 is 0. The van der Waals surface area contributed by atoms with E-state index >= 15 is 0 Å². The second-order valence-electron chi connectivity index (χ2n) is 1.86. The van der Waals surface area contributed by atoms with E-state index in [4.69, 9.17) is 0 Å². The smallest absolute Gasteiger partial charge is 0.211 e. The molecule has 1 aromatic carbocycles. The Kier molecular flexibility index (Phi) is 2.15.